The minimum absolute atomic E-state index is 0.198. The fraction of sp³-hybridized carbons (Fsp3) is 0.750. The second kappa shape index (κ2) is 3.25. The van der Waals surface area contributed by atoms with Gasteiger partial charge in [0.05, 0.1) is 0 Å². The molecule has 48 valence electrons. The summed E-state index contributed by atoms with van der Waals surface area (Å²) in [6, 6.07) is 0. The molecule has 2 unspecified atom stereocenters. The van der Waals surface area contributed by atoms with Gasteiger partial charge < -0.3 is 5.11 Å². The van der Waals surface area contributed by atoms with E-state index in [9.17, 15) is 4.79 Å². The number of aliphatic carboxylic acids is 1. The smallest absolute Gasteiger partial charge is 0.317 e. The summed E-state index contributed by atoms with van der Waals surface area (Å²) in [5.74, 6) is -0.921. The summed E-state index contributed by atoms with van der Waals surface area (Å²) >= 11 is 7.62. The minimum Gasteiger partial charge on any atom is -0.480 e. The van der Waals surface area contributed by atoms with E-state index >= 15 is 0 Å². The molecule has 0 aromatic carbocycles. The SMILES string of the molecule is CC(S)C(S)C(=O)O. The van der Waals surface area contributed by atoms with E-state index < -0.39 is 11.2 Å². The number of rotatable bonds is 2. The van der Waals surface area contributed by atoms with Crippen LogP contribution in [0.15, 0.2) is 0 Å². The second-order valence-electron chi connectivity index (χ2n) is 1.52. The number of hydrogen-bond acceptors (Lipinski definition) is 3. The first-order chi connectivity index (χ1) is 3.55. The van der Waals surface area contributed by atoms with Crippen LogP contribution in [0.4, 0.5) is 0 Å². The second-order valence-corrected chi connectivity index (χ2v) is 2.89. The lowest BCUT2D eigenvalue weighted by Crippen LogP contribution is -2.21. The zero-order valence-electron chi connectivity index (χ0n) is 4.40. The molecule has 0 amide bonds. The van der Waals surface area contributed by atoms with Crippen LogP contribution in [0, 0.1) is 0 Å². The molecule has 0 saturated heterocycles. The Balaban J connectivity index is 3.64. The normalized spacial score (nSPS) is 17.4. The van der Waals surface area contributed by atoms with Gasteiger partial charge in [-0.15, -0.1) is 0 Å². The summed E-state index contributed by atoms with van der Waals surface area (Å²) in [7, 11) is 0. The van der Waals surface area contributed by atoms with Crippen molar-refractivity contribution in [2.75, 3.05) is 0 Å². The van der Waals surface area contributed by atoms with Crippen LogP contribution in [0.25, 0.3) is 0 Å². The molecule has 0 spiro atoms. The zero-order chi connectivity index (χ0) is 6.73. The van der Waals surface area contributed by atoms with Gasteiger partial charge in [0.15, 0.2) is 0 Å². The molecule has 0 rings (SSSR count). The van der Waals surface area contributed by atoms with Crippen molar-refractivity contribution in [2.24, 2.45) is 0 Å². The molecule has 4 heteroatoms. The lowest BCUT2D eigenvalue weighted by Gasteiger charge is -2.06. The molecule has 0 aromatic rings. The van der Waals surface area contributed by atoms with E-state index in [1.54, 1.807) is 6.92 Å². The first-order valence-electron chi connectivity index (χ1n) is 2.14. The maximum absolute atomic E-state index is 10.0. The predicted molar refractivity (Wildman–Crippen MR) is 38.9 cm³/mol. The Bertz CT molecular complexity index is 92.0. The Morgan fingerprint density at radius 3 is 2.00 bits per heavy atom. The highest BCUT2D eigenvalue weighted by molar-refractivity contribution is 7.85. The van der Waals surface area contributed by atoms with Crippen LogP contribution in [-0.4, -0.2) is 21.6 Å². The van der Waals surface area contributed by atoms with E-state index in [0.717, 1.165) is 0 Å². The van der Waals surface area contributed by atoms with Crippen LogP contribution < -0.4 is 0 Å². The zero-order valence-corrected chi connectivity index (χ0v) is 6.19. The third-order valence-corrected chi connectivity index (χ3v) is 1.91. The average Bonchev–Trinajstić information content (AvgIpc) is 1.64. The maximum atomic E-state index is 10.0. The molecule has 2 nitrogen and oxygen atoms in total. The van der Waals surface area contributed by atoms with Crippen LogP contribution in [0.3, 0.4) is 0 Å². The van der Waals surface area contributed by atoms with Crippen molar-refractivity contribution in [3.63, 3.8) is 0 Å². The highest BCUT2D eigenvalue weighted by atomic mass is 32.1. The Kier molecular flexibility index (Phi) is 3.31. The van der Waals surface area contributed by atoms with Crippen LogP contribution in [0.1, 0.15) is 6.92 Å². The van der Waals surface area contributed by atoms with Crippen molar-refractivity contribution in [3.8, 4) is 0 Å². The molecule has 1 N–H and O–H groups in total. The third-order valence-electron chi connectivity index (χ3n) is 0.710. The van der Waals surface area contributed by atoms with Crippen molar-refractivity contribution >= 4 is 31.2 Å². The quantitative estimate of drug-likeness (QED) is 0.509. The highest BCUT2D eigenvalue weighted by Gasteiger charge is 2.15. The summed E-state index contributed by atoms with van der Waals surface area (Å²) in [5.41, 5.74) is 0. The highest BCUT2D eigenvalue weighted by Crippen LogP contribution is 2.06. The molecular formula is C4H8O2S2. The van der Waals surface area contributed by atoms with Gasteiger partial charge in [0, 0.05) is 5.25 Å². The Hall–Kier alpha value is 0.170. The molecule has 0 radical (unpaired) electrons. The van der Waals surface area contributed by atoms with E-state index in [2.05, 4.69) is 25.3 Å². The first-order valence-corrected chi connectivity index (χ1v) is 3.18. The van der Waals surface area contributed by atoms with Crippen LogP contribution in [0.5, 0.6) is 0 Å². The number of carboxylic acids is 1. The van der Waals surface area contributed by atoms with E-state index in [0.29, 0.717) is 0 Å². The molecule has 2 atom stereocenters. The van der Waals surface area contributed by atoms with E-state index in [1.165, 1.54) is 0 Å². The van der Waals surface area contributed by atoms with Crippen LogP contribution in [-0.2, 0) is 4.79 Å². The van der Waals surface area contributed by atoms with E-state index in [4.69, 9.17) is 5.11 Å². The molecule has 0 saturated carbocycles. The average molecular weight is 152 g/mol. The van der Waals surface area contributed by atoms with Crippen molar-refractivity contribution in [2.45, 2.75) is 17.4 Å². The fourth-order valence-electron chi connectivity index (χ4n) is 0.206. The summed E-state index contributed by atoms with van der Waals surface area (Å²) < 4.78 is 0. The molecule has 0 heterocycles. The molecule has 0 fully saturated rings. The van der Waals surface area contributed by atoms with Crippen LogP contribution in [0.2, 0.25) is 0 Å². The topological polar surface area (TPSA) is 37.3 Å². The van der Waals surface area contributed by atoms with Crippen molar-refractivity contribution in [1.29, 1.82) is 0 Å². The number of hydrogen-bond donors (Lipinski definition) is 3. The molecule has 0 aliphatic heterocycles. The van der Waals surface area contributed by atoms with Crippen molar-refractivity contribution in [1.82, 2.24) is 0 Å². The number of carbonyl (C=O) groups is 1. The summed E-state index contributed by atoms with van der Waals surface area (Å²) in [5, 5.41) is 7.37. The summed E-state index contributed by atoms with van der Waals surface area (Å²) in [6.45, 7) is 1.69. The van der Waals surface area contributed by atoms with Gasteiger partial charge in [-0.1, -0.05) is 6.92 Å². The molecule has 0 bridgehead atoms. The standard InChI is InChI=1S/C4H8O2S2/c1-2(7)3(8)4(5)6/h2-3,7-8H,1H3,(H,5,6). The van der Waals surface area contributed by atoms with Gasteiger partial charge in [-0.2, -0.15) is 25.3 Å². The lowest BCUT2D eigenvalue weighted by atomic mass is 10.3. The summed E-state index contributed by atoms with van der Waals surface area (Å²) in [6.07, 6.45) is 0. The maximum Gasteiger partial charge on any atom is 0.317 e. The number of carboxylic acid groups (broad SMARTS) is 1. The predicted octanol–water partition coefficient (Wildman–Crippen LogP) is 0.688. The van der Waals surface area contributed by atoms with Gasteiger partial charge in [-0.25, -0.2) is 0 Å². The van der Waals surface area contributed by atoms with E-state index in [1.807, 2.05) is 0 Å². The molecule has 8 heavy (non-hydrogen) atoms. The first kappa shape index (κ1) is 8.17. The van der Waals surface area contributed by atoms with Gasteiger partial charge in [0.25, 0.3) is 0 Å². The van der Waals surface area contributed by atoms with E-state index in [-0.39, 0.29) is 5.25 Å². The van der Waals surface area contributed by atoms with Gasteiger partial charge in [-0.3, -0.25) is 4.79 Å². The molecule has 0 aliphatic rings. The lowest BCUT2D eigenvalue weighted by molar-refractivity contribution is -0.136. The Morgan fingerprint density at radius 1 is 1.62 bits per heavy atom. The number of thiol groups is 2. The monoisotopic (exact) mass is 152 g/mol. The van der Waals surface area contributed by atoms with Gasteiger partial charge >= 0.3 is 5.97 Å². The summed E-state index contributed by atoms with van der Waals surface area (Å²) in [4.78, 5) is 10.0. The largest absolute Gasteiger partial charge is 0.480 e. The fourth-order valence-corrected chi connectivity index (χ4v) is 0.334. The van der Waals surface area contributed by atoms with Gasteiger partial charge in [0.2, 0.25) is 0 Å². The molecule has 0 aromatic heterocycles. The van der Waals surface area contributed by atoms with Crippen molar-refractivity contribution in [3.05, 3.63) is 0 Å². The molecular weight excluding hydrogens is 144 g/mol. The van der Waals surface area contributed by atoms with Crippen LogP contribution >= 0.6 is 25.3 Å². The van der Waals surface area contributed by atoms with Gasteiger partial charge in [-0.05, 0) is 0 Å². The Morgan fingerprint density at radius 2 is 2.00 bits per heavy atom. The third kappa shape index (κ3) is 2.47. The Labute approximate surface area is 59.1 Å². The van der Waals surface area contributed by atoms with Gasteiger partial charge in [0.1, 0.15) is 5.25 Å². The minimum atomic E-state index is -0.921. The van der Waals surface area contributed by atoms with Crippen molar-refractivity contribution < 1.29 is 9.90 Å². The molecule has 0 aliphatic carbocycles.